The van der Waals surface area contributed by atoms with Gasteiger partial charge in [-0.15, -0.1) is 0 Å². The molecule has 3 fully saturated rings. The number of carbonyl (C=O) groups is 1. The van der Waals surface area contributed by atoms with Gasteiger partial charge in [-0.2, -0.15) is 0 Å². The molecule has 7 nitrogen and oxygen atoms in total. The van der Waals surface area contributed by atoms with Crippen LogP contribution in [-0.2, 0) is 0 Å². The summed E-state index contributed by atoms with van der Waals surface area (Å²) in [5, 5.41) is 9.31. The van der Waals surface area contributed by atoms with Crippen molar-refractivity contribution in [3.05, 3.63) is 33.9 Å². The Labute approximate surface area is 148 Å². The number of hydrogen-bond acceptors (Lipinski definition) is 5. The van der Waals surface area contributed by atoms with Crippen LogP contribution in [0.5, 0.6) is 0 Å². The molecule has 2 aromatic rings. The van der Waals surface area contributed by atoms with Gasteiger partial charge in [-0.25, -0.2) is 14.2 Å². The summed E-state index contributed by atoms with van der Waals surface area (Å²) in [6.45, 7) is 1.36. The standard InChI is InChI=1S/C18H19FN4O3/c19-12-5-10-14(24)11(17(25)26)7-23(9-1-2-9)15(10)21-16(12)22-4-3-18(8-22)6-13(18)20/h5,7,9,13H,1-4,6,8,20H2,(H,25,26). The third-order valence-electron chi connectivity index (χ3n) is 6.05. The average molecular weight is 358 g/mol. The van der Waals surface area contributed by atoms with Crippen LogP contribution in [0.4, 0.5) is 10.2 Å². The monoisotopic (exact) mass is 358 g/mol. The number of aromatic nitrogens is 2. The zero-order valence-corrected chi connectivity index (χ0v) is 14.1. The van der Waals surface area contributed by atoms with E-state index >= 15 is 0 Å². The van der Waals surface area contributed by atoms with E-state index in [4.69, 9.17) is 5.73 Å². The number of halogens is 1. The summed E-state index contributed by atoms with van der Waals surface area (Å²) in [6, 6.07) is 1.42. The third kappa shape index (κ3) is 2.18. The van der Waals surface area contributed by atoms with Gasteiger partial charge in [-0.05, 0) is 31.7 Å². The van der Waals surface area contributed by atoms with Gasteiger partial charge in [-0.1, -0.05) is 0 Å². The highest BCUT2D eigenvalue weighted by molar-refractivity contribution is 5.92. The Morgan fingerprint density at radius 3 is 2.73 bits per heavy atom. The first-order valence-electron chi connectivity index (χ1n) is 8.89. The second-order valence-electron chi connectivity index (χ2n) is 7.83. The second kappa shape index (κ2) is 5.03. The van der Waals surface area contributed by atoms with Crippen LogP contribution in [0.15, 0.2) is 17.1 Å². The van der Waals surface area contributed by atoms with E-state index in [0.29, 0.717) is 18.7 Å². The molecule has 5 rings (SSSR count). The molecule has 2 atom stereocenters. The molecule has 0 bridgehead atoms. The third-order valence-corrected chi connectivity index (χ3v) is 6.05. The fraction of sp³-hybridized carbons (Fsp3) is 0.500. The fourth-order valence-corrected chi connectivity index (χ4v) is 4.17. The lowest BCUT2D eigenvalue weighted by atomic mass is 10.1. The summed E-state index contributed by atoms with van der Waals surface area (Å²) in [5.74, 6) is -1.67. The molecule has 0 amide bonds. The number of rotatable bonds is 3. The van der Waals surface area contributed by atoms with Gasteiger partial charge in [0.2, 0.25) is 5.43 Å². The van der Waals surface area contributed by atoms with Crippen molar-refractivity contribution in [3.63, 3.8) is 0 Å². The minimum absolute atomic E-state index is 0.0232. The van der Waals surface area contributed by atoms with Crippen molar-refractivity contribution in [1.82, 2.24) is 9.55 Å². The van der Waals surface area contributed by atoms with E-state index in [-0.39, 0.29) is 34.3 Å². The van der Waals surface area contributed by atoms with E-state index in [1.165, 1.54) is 6.20 Å². The number of fused-ring (bicyclic) bond motifs is 1. The predicted octanol–water partition coefficient (Wildman–Crippen LogP) is 1.50. The number of hydrogen-bond donors (Lipinski definition) is 2. The maximum atomic E-state index is 14.8. The minimum Gasteiger partial charge on any atom is -0.477 e. The minimum atomic E-state index is -1.31. The van der Waals surface area contributed by atoms with Gasteiger partial charge in [0, 0.05) is 36.8 Å². The molecule has 0 aromatic carbocycles. The molecule has 2 unspecified atom stereocenters. The summed E-state index contributed by atoms with van der Waals surface area (Å²) >= 11 is 0. The van der Waals surface area contributed by atoms with Gasteiger partial charge in [0.1, 0.15) is 11.2 Å². The molecule has 1 saturated heterocycles. The molecule has 2 saturated carbocycles. The van der Waals surface area contributed by atoms with Gasteiger partial charge < -0.3 is 20.3 Å². The average Bonchev–Trinajstić information content (AvgIpc) is 3.48. The molecule has 2 aliphatic carbocycles. The number of anilines is 1. The zero-order valence-electron chi connectivity index (χ0n) is 14.1. The lowest BCUT2D eigenvalue weighted by Crippen LogP contribution is -2.26. The van der Waals surface area contributed by atoms with E-state index < -0.39 is 17.2 Å². The van der Waals surface area contributed by atoms with Gasteiger partial charge in [0.25, 0.3) is 0 Å². The summed E-state index contributed by atoms with van der Waals surface area (Å²) in [5.41, 5.74) is 5.43. The molecule has 1 aliphatic heterocycles. The molecule has 3 N–H and O–H groups in total. The lowest BCUT2D eigenvalue weighted by Gasteiger charge is -2.20. The van der Waals surface area contributed by atoms with Gasteiger partial charge in [0.05, 0.1) is 5.39 Å². The molecular formula is C18H19FN4O3. The van der Waals surface area contributed by atoms with Crippen molar-refractivity contribution in [2.45, 2.75) is 37.8 Å². The number of aromatic carboxylic acids is 1. The Morgan fingerprint density at radius 2 is 2.15 bits per heavy atom. The first-order chi connectivity index (χ1) is 12.4. The van der Waals surface area contributed by atoms with Crippen molar-refractivity contribution >= 4 is 22.8 Å². The smallest absolute Gasteiger partial charge is 0.341 e. The first-order valence-corrected chi connectivity index (χ1v) is 8.89. The van der Waals surface area contributed by atoms with E-state index in [2.05, 4.69) is 4.98 Å². The van der Waals surface area contributed by atoms with Crippen molar-refractivity contribution in [3.8, 4) is 0 Å². The van der Waals surface area contributed by atoms with Crippen molar-refractivity contribution in [2.75, 3.05) is 18.0 Å². The topological polar surface area (TPSA) is 101 Å². The highest BCUT2D eigenvalue weighted by Crippen LogP contribution is 2.52. The van der Waals surface area contributed by atoms with Crippen molar-refractivity contribution in [1.29, 1.82) is 0 Å². The number of pyridine rings is 2. The second-order valence-corrected chi connectivity index (χ2v) is 7.83. The number of nitrogens with two attached hydrogens (primary N) is 1. The highest BCUT2D eigenvalue weighted by atomic mass is 19.1. The number of carboxylic acids is 1. The molecule has 0 radical (unpaired) electrons. The van der Waals surface area contributed by atoms with E-state index in [0.717, 1.165) is 31.7 Å². The molecule has 3 heterocycles. The maximum Gasteiger partial charge on any atom is 0.341 e. The maximum absolute atomic E-state index is 14.8. The molecule has 1 spiro atoms. The molecule has 2 aromatic heterocycles. The Hall–Kier alpha value is -2.48. The van der Waals surface area contributed by atoms with Crippen LogP contribution in [0.1, 0.15) is 42.1 Å². The molecular weight excluding hydrogens is 339 g/mol. The van der Waals surface area contributed by atoms with Crippen LogP contribution < -0.4 is 16.1 Å². The summed E-state index contributed by atoms with van der Waals surface area (Å²) in [4.78, 5) is 30.2. The van der Waals surface area contributed by atoms with Crippen molar-refractivity contribution in [2.24, 2.45) is 11.1 Å². The molecule has 3 aliphatic rings. The molecule has 136 valence electrons. The van der Waals surface area contributed by atoms with Gasteiger partial charge >= 0.3 is 5.97 Å². The Balaban J connectivity index is 1.67. The quantitative estimate of drug-likeness (QED) is 0.862. The van der Waals surface area contributed by atoms with Crippen LogP contribution in [-0.4, -0.2) is 39.8 Å². The van der Waals surface area contributed by atoms with Crippen LogP contribution in [0.25, 0.3) is 11.0 Å². The van der Waals surface area contributed by atoms with E-state index in [1.807, 2.05) is 4.90 Å². The van der Waals surface area contributed by atoms with Crippen molar-refractivity contribution < 1.29 is 14.3 Å². The lowest BCUT2D eigenvalue weighted by molar-refractivity contribution is 0.0695. The zero-order chi connectivity index (χ0) is 18.2. The summed E-state index contributed by atoms with van der Waals surface area (Å²) < 4.78 is 16.5. The fourth-order valence-electron chi connectivity index (χ4n) is 4.17. The summed E-state index contributed by atoms with van der Waals surface area (Å²) in [7, 11) is 0. The van der Waals surface area contributed by atoms with Crippen LogP contribution in [0.3, 0.4) is 0 Å². The van der Waals surface area contributed by atoms with Crippen LogP contribution in [0, 0.1) is 11.2 Å². The normalized spacial score (nSPS) is 27.5. The van der Waals surface area contributed by atoms with Crippen LogP contribution >= 0.6 is 0 Å². The molecule has 26 heavy (non-hydrogen) atoms. The Kier molecular flexibility index (Phi) is 3.05. The largest absolute Gasteiger partial charge is 0.477 e. The molecule has 8 heteroatoms. The van der Waals surface area contributed by atoms with E-state index in [1.54, 1.807) is 4.57 Å². The highest BCUT2D eigenvalue weighted by Gasteiger charge is 2.56. The first kappa shape index (κ1) is 15.7. The van der Waals surface area contributed by atoms with E-state index in [9.17, 15) is 19.1 Å². The summed E-state index contributed by atoms with van der Waals surface area (Å²) in [6.07, 6.45) is 5.01. The SMILES string of the molecule is NC1CC12CCN(c1nc3c(cc1F)c(=O)c(C(=O)O)cn3C1CC1)C2. The van der Waals surface area contributed by atoms with Gasteiger partial charge in [-0.3, -0.25) is 4.79 Å². The Bertz CT molecular complexity index is 1020. The van der Waals surface area contributed by atoms with Gasteiger partial charge in [0.15, 0.2) is 11.6 Å². The number of nitrogens with zero attached hydrogens (tertiary/aromatic N) is 3. The predicted molar refractivity (Wildman–Crippen MR) is 93.0 cm³/mol. The Morgan fingerprint density at radius 1 is 1.42 bits per heavy atom. The van der Waals surface area contributed by atoms with Crippen LogP contribution in [0.2, 0.25) is 0 Å². The number of carboxylic acid groups (broad SMARTS) is 1.